The number of carbonyl (C=O) groups excluding carboxylic acids is 1. The lowest BCUT2D eigenvalue weighted by molar-refractivity contribution is -0.141. The van der Waals surface area contributed by atoms with Crippen LogP contribution in [0.2, 0.25) is 0 Å². The number of amides is 2. The number of hydrogen-bond acceptors (Lipinski definition) is 4. The summed E-state index contributed by atoms with van der Waals surface area (Å²) in [7, 11) is 1.55. The van der Waals surface area contributed by atoms with Crippen LogP contribution < -0.4 is 0 Å². The van der Waals surface area contributed by atoms with E-state index < -0.39 is 18.1 Å². The van der Waals surface area contributed by atoms with Crippen molar-refractivity contribution in [2.45, 2.75) is 32.4 Å². The van der Waals surface area contributed by atoms with E-state index in [1.54, 1.807) is 12.0 Å². The zero-order valence-electron chi connectivity index (χ0n) is 12.3. The van der Waals surface area contributed by atoms with Crippen LogP contribution in [0.15, 0.2) is 0 Å². The number of urea groups is 1. The van der Waals surface area contributed by atoms with Crippen LogP contribution in [0.4, 0.5) is 4.79 Å². The van der Waals surface area contributed by atoms with E-state index in [9.17, 15) is 14.7 Å². The Morgan fingerprint density at radius 1 is 1.45 bits per heavy atom. The molecule has 20 heavy (non-hydrogen) atoms. The highest BCUT2D eigenvalue weighted by Gasteiger charge is 2.40. The SMILES string of the molecule is COCCN(CC(C)C)C(=O)N1C[C@@H](O)C[C@H]1C(=O)O. The molecule has 0 saturated carbocycles. The van der Waals surface area contributed by atoms with Crippen molar-refractivity contribution in [2.75, 3.05) is 33.4 Å². The van der Waals surface area contributed by atoms with E-state index in [4.69, 9.17) is 9.84 Å². The smallest absolute Gasteiger partial charge is 0.326 e. The van der Waals surface area contributed by atoms with Gasteiger partial charge in [-0.2, -0.15) is 0 Å². The summed E-state index contributed by atoms with van der Waals surface area (Å²) < 4.78 is 4.98. The van der Waals surface area contributed by atoms with Crippen LogP contribution in [-0.2, 0) is 9.53 Å². The number of rotatable bonds is 6. The minimum Gasteiger partial charge on any atom is -0.480 e. The molecule has 0 aromatic carbocycles. The largest absolute Gasteiger partial charge is 0.480 e. The molecule has 7 nitrogen and oxygen atoms in total. The highest BCUT2D eigenvalue weighted by atomic mass is 16.5. The molecule has 1 fully saturated rings. The summed E-state index contributed by atoms with van der Waals surface area (Å²) in [5.41, 5.74) is 0. The third-order valence-electron chi connectivity index (χ3n) is 3.23. The first-order valence-corrected chi connectivity index (χ1v) is 6.82. The fourth-order valence-electron chi connectivity index (χ4n) is 2.35. The van der Waals surface area contributed by atoms with Gasteiger partial charge in [-0.3, -0.25) is 0 Å². The van der Waals surface area contributed by atoms with Gasteiger partial charge in [0, 0.05) is 33.2 Å². The monoisotopic (exact) mass is 288 g/mol. The second kappa shape index (κ2) is 7.44. The van der Waals surface area contributed by atoms with Crippen LogP contribution in [0.5, 0.6) is 0 Å². The van der Waals surface area contributed by atoms with E-state index >= 15 is 0 Å². The Balaban J connectivity index is 2.78. The number of carboxylic acids is 1. The second-order valence-corrected chi connectivity index (χ2v) is 5.51. The standard InChI is InChI=1S/C13H24N2O5/c1-9(2)7-14(4-5-20-3)13(19)15-8-10(16)6-11(15)12(17)18/h9-11,16H,4-8H2,1-3H3,(H,17,18)/t10-,11-/m0/s1. The topological polar surface area (TPSA) is 90.3 Å². The van der Waals surface area contributed by atoms with Crippen LogP contribution >= 0.6 is 0 Å². The van der Waals surface area contributed by atoms with Crippen molar-refractivity contribution in [2.24, 2.45) is 5.92 Å². The van der Waals surface area contributed by atoms with Crippen molar-refractivity contribution in [3.05, 3.63) is 0 Å². The van der Waals surface area contributed by atoms with Crippen LogP contribution in [0.25, 0.3) is 0 Å². The summed E-state index contributed by atoms with van der Waals surface area (Å²) in [6.45, 7) is 5.37. The molecule has 1 rings (SSSR count). The van der Waals surface area contributed by atoms with E-state index in [2.05, 4.69) is 0 Å². The lowest BCUT2D eigenvalue weighted by atomic mass is 10.2. The number of ether oxygens (including phenoxy) is 1. The van der Waals surface area contributed by atoms with Gasteiger partial charge in [-0.25, -0.2) is 9.59 Å². The maximum atomic E-state index is 12.5. The third-order valence-corrected chi connectivity index (χ3v) is 3.23. The molecule has 1 saturated heterocycles. The molecule has 0 unspecified atom stereocenters. The van der Waals surface area contributed by atoms with Crippen molar-refractivity contribution >= 4 is 12.0 Å². The zero-order valence-corrected chi connectivity index (χ0v) is 12.3. The van der Waals surface area contributed by atoms with Gasteiger partial charge >= 0.3 is 12.0 Å². The first kappa shape index (κ1) is 16.7. The molecule has 1 aliphatic heterocycles. The van der Waals surface area contributed by atoms with Gasteiger partial charge in [0.2, 0.25) is 0 Å². The van der Waals surface area contributed by atoms with Crippen molar-refractivity contribution in [3.8, 4) is 0 Å². The summed E-state index contributed by atoms with van der Waals surface area (Å²) in [5, 5.41) is 18.7. The summed E-state index contributed by atoms with van der Waals surface area (Å²) in [6, 6.07) is -1.30. The molecule has 0 spiro atoms. The lowest BCUT2D eigenvalue weighted by Gasteiger charge is -2.31. The molecule has 0 aromatic rings. The average molecular weight is 288 g/mol. The van der Waals surface area contributed by atoms with Gasteiger partial charge in [-0.1, -0.05) is 13.8 Å². The Labute approximate surface area is 119 Å². The molecule has 0 radical (unpaired) electrons. The number of aliphatic hydroxyl groups is 1. The van der Waals surface area contributed by atoms with Gasteiger partial charge in [-0.05, 0) is 5.92 Å². The molecule has 0 aliphatic carbocycles. The predicted octanol–water partition coefficient (Wildman–Crippen LogP) is 0.231. The molecule has 2 atom stereocenters. The molecular formula is C13H24N2O5. The molecule has 7 heteroatoms. The number of methoxy groups -OCH3 is 1. The number of β-amino-alcohol motifs (C(OH)–C–C–N with tert-alkyl or cyclic N) is 1. The molecule has 116 valence electrons. The number of carbonyl (C=O) groups is 2. The Morgan fingerprint density at radius 3 is 2.60 bits per heavy atom. The van der Waals surface area contributed by atoms with Gasteiger partial charge in [0.15, 0.2) is 0 Å². The maximum Gasteiger partial charge on any atom is 0.326 e. The highest BCUT2D eigenvalue weighted by molar-refractivity contribution is 5.83. The van der Waals surface area contributed by atoms with Crippen LogP contribution in [0.3, 0.4) is 0 Å². The first-order valence-electron chi connectivity index (χ1n) is 6.82. The van der Waals surface area contributed by atoms with Gasteiger partial charge < -0.3 is 24.7 Å². The van der Waals surface area contributed by atoms with E-state index in [0.717, 1.165) is 0 Å². The Kier molecular flexibility index (Phi) is 6.22. The Morgan fingerprint density at radius 2 is 2.10 bits per heavy atom. The summed E-state index contributed by atoms with van der Waals surface area (Å²) in [4.78, 5) is 26.5. The van der Waals surface area contributed by atoms with Crippen LogP contribution in [0.1, 0.15) is 20.3 Å². The number of hydrogen-bond donors (Lipinski definition) is 2. The van der Waals surface area contributed by atoms with Crippen molar-refractivity contribution in [1.82, 2.24) is 9.80 Å². The number of aliphatic carboxylic acids is 1. The molecule has 1 aliphatic rings. The number of carboxylic acid groups (broad SMARTS) is 1. The number of aliphatic hydroxyl groups excluding tert-OH is 1. The number of likely N-dealkylation sites (tertiary alicyclic amines) is 1. The van der Waals surface area contributed by atoms with E-state index in [0.29, 0.717) is 19.7 Å². The van der Waals surface area contributed by atoms with E-state index in [-0.39, 0.29) is 24.9 Å². The van der Waals surface area contributed by atoms with E-state index in [1.807, 2.05) is 13.8 Å². The van der Waals surface area contributed by atoms with Crippen molar-refractivity contribution in [1.29, 1.82) is 0 Å². The third kappa shape index (κ3) is 4.35. The van der Waals surface area contributed by atoms with Crippen molar-refractivity contribution in [3.63, 3.8) is 0 Å². The molecule has 1 heterocycles. The summed E-state index contributed by atoms with van der Waals surface area (Å²) >= 11 is 0. The molecule has 2 amide bonds. The van der Waals surface area contributed by atoms with Crippen LogP contribution in [-0.4, -0.2) is 77.5 Å². The molecule has 0 aromatic heterocycles. The highest BCUT2D eigenvalue weighted by Crippen LogP contribution is 2.20. The normalized spacial score (nSPS) is 22.4. The quantitative estimate of drug-likeness (QED) is 0.730. The minimum atomic E-state index is -1.08. The second-order valence-electron chi connectivity index (χ2n) is 5.51. The lowest BCUT2D eigenvalue weighted by Crippen LogP contribution is -2.50. The van der Waals surface area contributed by atoms with Gasteiger partial charge in [0.25, 0.3) is 0 Å². The van der Waals surface area contributed by atoms with E-state index in [1.165, 1.54) is 4.90 Å². The molecule has 2 N–H and O–H groups in total. The Hall–Kier alpha value is -1.34. The maximum absolute atomic E-state index is 12.5. The first-order chi connectivity index (χ1) is 9.36. The zero-order chi connectivity index (χ0) is 15.3. The van der Waals surface area contributed by atoms with Gasteiger partial charge in [0.05, 0.1) is 12.7 Å². The Bertz CT molecular complexity index is 348. The van der Waals surface area contributed by atoms with Gasteiger partial charge in [-0.15, -0.1) is 0 Å². The molecular weight excluding hydrogens is 264 g/mol. The summed E-state index contributed by atoms with van der Waals surface area (Å²) in [6.07, 6.45) is -0.690. The van der Waals surface area contributed by atoms with Gasteiger partial charge in [0.1, 0.15) is 6.04 Å². The minimum absolute atomic E-state index is 0.0668. The fourth-order valence-corrected chi connectivity index (χ4v) is 2.35. The molecule has 0 bridgehead atoms. The van der Waals surface area contributed by atoms with Crippen LogP contribution in [0, 0.1) is 5.92 Å². The average Bonchev–Trinajstić information content (AvgIpc) is 2.75. The fraction of sp³-hybridized carbons (Fsp3) is 0.846. The van der Waals surface area contributed by atoms with Crippen molar-refractivity contribution < 1.29 is 24.5 Å². The summed E-state index contributed by atoms with van der Waals surface area (Å²) in [5.74, 6) is -0.808. The predicted molar refractivity (Wildman–Crippen MR) is 72.4 cm³/mol. The number of nitrogens with zero attached hydrogens (tertiary/aromatic N) is 2.